The molecule has 0 unspecified atom stereocenters. The van der Waals surface area contributed by atoms with Crippen LogP contribution in [-0.4, -0.2) is 11.5 Å². The molecular formula is C17H23NO2. The Morgan fingerprint density at radius 2 is 1.80 bits per heavy atom. The van der Waals surface area contributed by atoms with Gasteiger partial charge in [0.15, 0.2) is 0 Å². The van der Waals surface area contributed by atoms with Crippen LogP contribution in [0.3, 0.4) is 0 Å². The summed E-state index contributed by atoms with van der Waals surface area (Å²) in [6.45, 7) is 4.58. The van der Waals surface area contributed by atoms with Crippen LogP contribution in [0.4, 0.5) is 0 Å². The van der Waals surface area contributed by atoms with Crippen molar-refractivity contribution in [3.63, 3.8) is 0 Å². The summed E-state index contributed by atoms with van der Waals surface area (Å²) >= 11 is 0. The van der Waals surface area contributed by atoms with E-state index in [4.69, 9.17) is 10.5 Å². The smallest absolute Gasteiger partial charge is 0.312 e. The maximum Gasteiger partial charge on any atom is 0.312 e. The third-order valence-corrected chi connectivity index (χ3v) is 5.26. The van der Waals surface area contributed by atoms with Gasteiger partial charge >= 0.3 is 5.97 Å². The molecule has 0 spiro atoms. The number of rotatable bonds is 4. The highest BCUT2D eigenvalue weighted by molar-refractivity contribution is 5.78. The molecule has 0 aliphatic heterocycles. The van der Waals surface area contributed by atoms with Gasteiger partial charge in [0.1, 0.15) is 6.61 Å². The topological polar surface area (TPSA) is 52.3 Å². The number of hydrogen-bond acceptors (Lipinski definition) is 3. The molecule has 1 aromatic carbocycles. The standard InChI is InChI=1S/C17H23NO2/c1-15(11-16(2,12-15)17(18)8-9-17)14(19)20-10-13-6-4-3-5-7-13/h3-7H,8-12,18H2,1-2H3. The summed E-state index contributed by atoms with van der Waals surface area (Å²) in [5.41, 5.74) is 7.10. The molecule has 2 aliphatic rings. The van der Waals surface area contributed by atoms with Crippen LogP contribution in [0.25, 0.3) is 0 Å². The van der Waals surface area contributed by atoms with Gasteiger partial charge in [0.2, 0.25) is 0 Å². The van der Waals surface area contributed by atoms with Crippen LogP contribution in [0.15, 0.2) is 30.3 Å². The highest BCUT2D eigenvalue weighted by Crippen LogP contribution is 2.65. The molecule has 2 saturated carbocycles. The lowest BCUT2D eigenvalue weighted by Gasteiger charge is -2.54. The van der Waals surface area contributed by atoms with E-state index in [1.807, 2.05) is 37.3 Å². The van der Waals surface area contributed by atoms with Crippen molar-refractivity contribution in [2.75, 3.05) is 0 Å². The molecule has 3 nitrogen and oxygen atoms in total. The summed E-state index contributed by atoms with van der Waals surface area (Å²) in [6.07, 6.45) is 3.89. The summed E-state index contributed by atoms with van der Waals surface area (Å²) in [6, 6.07) is 9.81. The van der Waals surface area contributed by atoms with Gasteiger partial charge < -0.3 is 10.5 Å². The van der Waals surface area contributed by atoms with Crippen LogP contribution in [0.5, 0.6) is 0 Å². The van der Waals surface area contributed by atoms with Gasteiger partial charge in [-0.05, 0) is 43.6 Å². The van der Waals surface area contributed by atoms with E-state index in [1.165, 1.54) is 0 Å². The van der Waals surface area contributed by atoms with Crippen LogP contribution < -0.4 is 5.73 Å². The number of hydrogen-bond donors (Lipinski definition) is 1. The molecule has 0 bridgehead atoms. The van der Waals surface area contributed by atoms with E-state index in [0.717, 1.165) is 31.2 Å². The quantitative estimate of drug-likeness (QED) is 0.858. The maximum absolute atomic E-state index is 12.3. The van der Waals surface area contributed by atoms with Crippen LogP contribution in [0.2, 0.25) is 0 Å². The zero-order valence-corrected chi connectivity index (χ0v) is 12.3. The molecule has 0 saturated heterocycles. The van der Waals surface area contributed by atoms with E-state index >= 15 is 0 Å². The first-order chi connectivity index (χ1) is 9.37. The molecule has 3 heteroatoms. The van der Waals surface area contributed by atoms with Crippen molar-refractivity contribution in [2.45, 2.75) is 51.7 Å². The number of esters is 1. The minimum absolute atomic E-state index is 0.0216. The van der Waals surface area contributed by atoms with E-state index in [9.17, 15) is 4.79 Å². The first-order valence-electron chi connectivity index (χ1n) is 7.37. The second-order valence-electron chi connectivity index (χ2n) is 7.19. The molecule has 2 fully saturated rings. The number of nitrogens with two attached hydrogens (primary N) is 1. The van der Waals surface area contributed by atoms with Gasteiger partial charge in [0, 0.05) is 5.54 Å². The SMILES string of the molecule is CC1(C(=O)OCc2ccccc2)CC(C)(C2(N)CC2)C1. The van der Waals surface area contributed by atoms with Crippen molar-refractivity contribution in [1.82, 2.24) is 0 Å². The molecule has 108 valence electrons. The van der Waals surface area contributed by atoms with Crippen LogP contribution in [-0.2, 0) is 16.1 Å². The first kappa shape index (κ1) is 13.6. The molecule has 0 aromatic heterocycles. The van der Waals surface area contributed by atoms with Crippen molar-refractivity contribution < 1.29 is 9.53 Å². The second kappa shape index (κ2) is 4.32. The number of benzene rings is 1. The molecule has 0 heterocycles. The minimum atomic E-state index is -0.349. The zero-order valence-electron chi connectivity index (χ0n) is 12.3. The summed E-state index contributed by atoms with van der Waals surface area (Å²) in [7, 11) is 0. The van der Waals surface area contributed by atoms with Crippen molar-refractivity contribution in [1.29, 1.82) is 0 Å². The molecule has 1 aromatic rings. The van der Waals surface area contributed by atoms with Crippen LogP contribution >= 0.6 is 0 Å². The lowest BCUT2D eigenvalue weighted by Crippen LogP contribution is -2.58. The largest absolute Gasteiger partial charge is 0.460 e. The summed E-state index contributed by atoms with van der Waals surface area (Å²) < 4.78 is 5.48. The fraction of sp³-hybridized carbons (Fsp3) is 0.588. The van der Waals surface area contributed by atoms with Crippen molar-refractivity contribution >= 4 is 5.97 Å². The average Bonchev–Trinajstić information content (AvgIpc) is 3.15. The Hall–Kier alpha value is -1.35. The summed E-state index contributed by atoms with van der Waals surface area (Å²) in [4.78, 5) is 12.3. The van der Waals surface area contributed by atoms with E-state index in [1.54, 1.807) is 0 Å². The maximum atomic E-state index is 12.3. The Bertz CT molecular complexity index is 513. The fourth-order valence-electron chi connectivity index (χ4n) is 3.80. The Labute approximate surface area is 120 Å². The zero-order chi connectivity index (χ0) is 14.4. The van der Waals surface area contributed by atoms with Gasteiger partial charge in [0.25, 0.3) is 0 Å². The van der Waals surface area contributed by atoms with Gasteiger partial charge in [0.05, 0.1) is 5.41 Å². The lowest BCUT2D eigenvalue weighted by molar-refractivity contribution is -0.173. The highest BCUT2D eigenvalue weighted by atomic mass is 16.5. The van der Waals surface area contributed by atoms with Crippen molar-refractivity contribution in [3.8, 4) is 0 Å². The van der Waals surface area contributed by atoms with E-state index < -0.39 is 0 Å². The molecule has 0 atom stereocenters. The monoisotopic (exact) mass is 273 g/mol. The number of carbonyl (C=O) groups is 1. The fourth-order valence-corrected chi connectivity index (χ4v) is 3.80. The van der Waals surface area contributed by atoms with Crippen molar-refractivity contribution in [3.05, 3.63) is 35.9 Å². The highest BCUT2D eigenvalue weighted by Gasteiger charge is 2.65. The second-order valence-corrected chi connectivity index (χ2v) is 7.19. The number of ether oxygens (including phenoxy) is 1. The first-order valence-corrected chi connectivity index (χ1v) is 7.37. The van der Waals surface area contributed by atoms with E-state index in [0.29, 0.717) is 6.61 Å². The molecular weight excluding hydrogens is 250 g/mol. The molecule has 3 rings (SSSR count). The van der Waals surface area contributed by atoms with Gasteiger partial charge in [-0.1, -0.05) is 37.3 Å². The molecule has 0 amide bonds. The van der Waals surface area contributed by atoms with Crippen LogP contribution in [0, 0.1) is 10.8 Å². The lowest BCUT2D eigenvalue weighted by atomic mass is 9.50. The normalized spacial score (nSPS) is 34.1. The van der Waals surface area contributed by atoms with Gasteiger partial charge in [-0.2, -0.15) is 0 Å². The Morgan fingerprint density at radius 1 is 1.20 bits per heavy atom. The predicted molar refractivity (Wildman–Crippen MR) is 77.8 cm³/mol. The van der Waals surface area contributed by atoms with Gasteiger partial charge in [-0.25, -0.2) is 0 Å². The van der Waals surface area contributed by atoms with Gasteiger partial charge in [-0.15, -0.1) is 0 Å². The molecule has 20 heavy (non-hydrogen) atoms. The van der Waals surface area contributed by atoms with Crippen LogP contribution in [0.1, 0.15) is 45.1 Å². The molecule has 2 N–H and O–H groups in total. The average molecular weight is 273 g/mol. The Morgan fingerprint density at radius 3 is 2.35 bits per heavy atom. The van der Waals surface area contributed by atoms with Crippen molar-refractivity contribution in [2.24, 2.45) is 16.6 Å². The molecule has 2 aliphatic carbocycles. The minimum Gasteiger partial charge on any atom is -0.460 e. The summed E-state index contributed by atoms with van der Waals surface area (Å²) in [5.74, 6) is -0.0805. The third kappa shape index (κ3) is 2.14. The van der Waals surface area contributed by atoms with Gasteiger partial charge in [-0.3, -0.25) is 4.79 Å². The van der Waals surface area contributed by atoms with E-state index in [2.05, 4.69) is 6.92 Å². The molecule has 0 radical (unpaired) electrons. The summed E-state index contributed by atoms with van der Waals surface area (Å²) in [5, 5.41) is 0. The number of carbonyl (C=O) groups excluding carboxylic acids is 1. The third-order valence-electron chi connectivity index (χ3n) is 5.26. The Kier molecular flexibility index (Phi) is 2.94. The predicted octanol–water partition coefficient (Wildman–Crippen LogP) is 3.03. The van der Waals surface area contributed by atoms with E-state index in [-0.39, 0.29) is 22.3 Å². The Balaban J connectivity index is 1.56.